The SMILES string of the molecule is CCCCN(Cc1cccc(N)c1C)C(C)CC. The quantitative estimate of drug-likeness (QED) is 0.740. The van der Waals surface area contributed by atoms with Crippen LogP contribution >= 0.6 is 0 Å². The van der Waals surface area contributed by atoms with Crippen molar-refractivity contribution in [3.05, 3.63) is 29.3 Å². The van der Waals surface area contributed by atoms with Crippen LogP contribution in [0.1, 0.15) is 51.2 Å². The van der Waals surface area contributed by atoms with Gasteiger partial charge in [0.05, 0.1) is 0 Å². The molecule has 1 unspecified atom stereocenters. The van der Waals surface area contributed by atoms with Crippen LogP contribution in [0.4, 0.5) is 5.69 Å². The summed E-state index contributed by atoms with van der Waals surface area (Å²) in [6.07, 6.45) is 3.72. The van der Waals surface area contributed by atoms with E-state index in [1.807, 2.05) is 6.07 Å². The molecule has 1 aromatic rings. The summed E-state index contributed by atoms with van der Waals surface area (Å²) < 4.78 is 0. The Labute approximate surface area is 112 Å². The topological polar surface area (TPSA) is 29.3 Å². The summed E-state index contributed by atoms with van der Waals surface area (Å²) in [7, 11) is 0. The van der Waals surface area contributed by atoms with Crippen LogP contribution in [0, 0.1) is 6.92 Å². The standard InChI is InChI=1S/C16H28N2/c1-5-7-11-18(13(3)6-2)12-15-9-8-10-16(17)14(15)4/h8-10,13H,5-7,11-12,17H2,1-4H3. The Morgan fingerprint density at radius 1 is 1.28 bits per heavy atom. The van der Waals surface area contributed by atoms with E-state index in [9.17, 15) is 0 Å². The first-order chi connectivity index (χ1) is 8.60. The van der Waals surface area contributed by atoms with E-state index in [0.29, 0.717) is 6.04 Å². The van der Waals surface area contributed by atoms with E-state index in [4.69, 9.17) is 5.73 Å². The molecule has 2 heteroatoms. The second-order valence-corrected chi connectivity index (χ2v) is 5.21. The van der Waals surface area contributed by atoms with Gasteiger partial charge in [-0.1, -0.05) is 32.4 Å². The van der Waals surface area contributed by atoms with Gasteiger partial charge in [0.15, 0.2) is 0 Å². The molecule has 0 saturated heterocycles. The molecule has 0 aliphatic heterocycles. The van der Waals surface area contributed by atoms with Crippen molar-refractivity contribution in [1.82, 2.24) is 4.90 Å². The van der Waals surface area contributed by atoms with E-state index in [1.165, 1.54) is 36.9 Å². The number of nitrogen functional groups attached to an aromatic ring is 1. The molecule has 0 aromatic heterocycles. The van der Waals surface area contributed by atoms with Gasteiger partial charge in [0.1, 0.15) is 0 Å². The minimum atomic E-state index is 0.636. The average molecular weight is 248 g/mol. The Balaban J connectivity index is 2.78. The summed E-state index contributed by atoms with van der Waals surface area (Å²) in [5.74, 6) is 0. The Hall–Kier alpha value is -1.02. The number of anilines is 1. The lowest BCUT2D eigenvalue weighted by molar-refractivity contribution is 0.192. The smallest absolute Gasteiger partial charge is 0.0346 e. The molecule has 18 heavy (non-hydrogen) atoms. The van der Waals surface area contributed by atoms with Gasteiger partial charge in [-0.25, -0.2) is 0 Å². The predicted molar refractivity (Wildman–Crippen MR) is 80.7 cm³/mol. The summed E-state index contributed by atoms with van der Waals surface area (Å²) >= 11 is 0. The van der Waals surface area contributed by atoms with Gasteiger partial charge in [-0.3, -0.25) is 4.90 Å². The van der Waals surface area contributed by atoms with Crippen LogP contribution in [-0.2, 0) is 6.54 Å². The lowest BCUT2D eigenvalue weighted by Crippen LogP contribution is -2.33. The fourth-order valence-electron chi connectivity index (χ4n) is 2.17. The number of benzene rings is 1. The first-order valence-corrected chi connectivity index (χ1v) is 7.18. The number of hydrogen-bond acceptors (Lipinski definition) is 2. The normalized spacial score (nSPS) is 12.9. The highest BCUT2D eigenvalue weighted by Gasteiger charge is 2.13. The lowest BCUT2D eigenvalue weighted by atomic mass is 10.0. The summed E-state index contributed by atoms with van der Waals surface area (Å²) in [6.45, 7) is 11.2. The first-order valence-electron chi connectivity index (χ1n) is 7.18. The van der Waals surface area contributed by atoms with Crippen molar-refractivity contribution in [2.24, 2.45) is 0 Å². The third kappa shape index (κ3) is 4.02. The molecule has 1 rings (SSSR count). The minimum absolute atomic E-state index is 0.636. The largest absolute Gasteiger partial charge is 0.399 e. The molecule has 2 nitrogen and oxygen atoms in total. The summed E-state index contributed by atoms with van der Waals surface area (Å²) in [5.41, 5.74) is 9.50. The van der Waals surface area contributed by atoms with Gasteiger partial charge in [0.25, 0.3) is 0 Å². The summed E-state index contributed by atoms with van der Waals surface area (Å²) in [6, 6.07) is 6.88. The van der Waals surface area contributed by atoms with Gasteiger partial charge in [0, 0.05) is 18.3 Å². The van der Waals surface area contributed by atoms with Gasteiger partial charge >= 0.3 is 0 Å². The molecular weight excluding hydrogens is 220 g/mol. The zero-order valence-electron chi connectivity index (χ0n) is 12.4. The van der Waals surface area contributed by atoms with Crippen molar-refractivity contribution in [2.75, 3.05) is 12.3 Å². The van der Waals surface area contributed by atoms with E-state index in [0.717, 1.165) is 12.2 Å². The maximum atomic E-state index is 5.99. The highest BCUT2D eigenvalue weighted by molar-refractivity contribution is 5.49. The Morgan fingerprint density at radius 3 is 2.61 bits per heavy atom. The van der Waals surface area contributed by atoms with E-state index in [2.05, 4.69) is 44.7 Å². The molecule has 0 fully saturated rings. The van der Waals surface area contributed by atoms with Crippen molar-refractivity contribution in [2.45, 2.75) is 59.5 Å². The van der Waals surface area contributed by atoms with Crippen LogP contribution in [0.2, 0.25) is 0 Å². The number of nitrogens with zero attached hydrogens (tertiary/aromatic N) is 1. The second-order valence-electron chi connectivity index (χ2n) is 5.21. The zero-order chi connectivity index (χ0) is 13.5. The molecule has 0 aliphatic rings. The van der Waals surface area contributed by atoms with Gasteiger partial charge < -0.3 is 5.73 Å². The number of hydrogen-bond donors (Lipinski definition) is 1. The second kappa shape index (κ2) is 7.42. The average Bonchev–Trinajstić information content (AvgIpc) is 2.38. The summed E-state index contributed by atoms with van der Waals surface area (Å²) in [4.78, 5) is 2.57. The van der Waals surface area contributed by atoms with E-state index in [1.54, 1.807) is 0 Å². The van der Waals surface area contributed by atoms with Gasteiger partial charge in [-0.05, 0) is 50.4 Å². The van der Waals surface area contributed by atoms with Crippen LogP contribution in [0.3, 0.4) is 0 Å². The first kappa shape index (κ1) is 15.0. The lowest BCUT2D eigenvalue weighted by Gasteiger charge is -2.29. The van der Waals surface area contributed by atoms with Crippen LogP contribution in [0.25, 0.3) is 0 Å². The molecule has 1 aromatic carbocycles. The number of nitrogens with two attached hydrogens (primary N) is 1. The molecule has 0 heterocycles. The van der Waals surface area contributed by atoms with E-state index in [-0.39, 0.29) is 0 Å². The molecule has 0 radical (unpaired) electrons. The fourth-order valence-corrected chi connectivity index (χ4v) is 2.17. The van der Waals surface area contributed by atoms with Gasteiger partial charge in [-0.15, -0.1) is 0 Å². The van der Waals surface area contributed by atoms with Gasteiger partial charge in [-0.2, -0.15) is 0 Å². The molecule has 102 valence electrons. The number of rotatable bonds is 7. The van der Waals surface area contributed by atoms with E-state index < -0.39 is 0 Å². The summed E-state index contributed by atoms with van der Waals surface area (Å²) in [5, 5.41) is 0. The Bertz CT molecular complexity index is 360. The highest BCUT2D eigenvalue weighted by atomic mass is 15.1. The molecule has 0 spiro atoms. The van der Waals surface area contributed by atoms with Crippen molar-refractivity contribution >= 4 is 5.69 Å². The molecule has 0 saturated carbocycles. The Morgan fingerprint density at radius 2 is 2.00 bits per heavy atom. The number of unbranched alkanes of at least 4 members (excludes halogenated alkanes) is 1. The molecule has 1 atom stereocenters. The van der Waals surface area contributed by atoms with Crippen molar-refractivity contribution in [3.63, 3.8) is 0 Å². The highest BCUT2D eigenvalue weighted by Crippen LogP contribution is 2.19. The maximum Gasteiger partial charge on any atom is 0.0346 e. The van der Waals surface area contributed by atoms with E-state index >= 15 is 0 Å². The van der Waals surface area contributed by atoms with Crippen LogP contribution < -0.4 is 5.73 Å². The fraction of sp³-hybridized carbons (Fsp3) is 0.625. The molecule has 0 bridgehead atoms. The van der Waals surface area contributed by atoms with Crippen molar-refractivity contribution in [1.29, 1.82) is 0 Å². The third-order valence-electron chi connectivity index (χ3n) is 3.87. The van der Waals surface area contributed by atoms with Crippen molar-refractivity contribution in [3.8, 4) is 0 Å². The third-order valence-corrected chi connectivity index (χ3v) is 3.87. The molecule has 0 aliphatic carbocycles. The molecule has 0 amide bonds. The maximum absolute atomic E-state index is 5.99. The van der Waals surface area contributed by atoms with Crippen LogP contribution in [-0.4, -0.2) is 17.5 Å². The minimum Gasteiger partial charge on any atom is -0.399 e. The van der Waals surface area contributed by atoms with Crippen LogP contribution in [0.15, 0.2) is 18.2 Å². The molecular formula is C16H28N2. The predicted octanol–water partition coefficient (Wildman–Crippen LogP) is 3.98. The Kier molecular flexibility index (Phi) is 6.20. The zero-order valence-corrected chi connectivity index (χ0v) is 12.4. The van der Waals surface area contributed by atoms with Crippen LogP contribution in [0.5, 0.6) is 0 Å². The van der Waals surface area contributed by atoms with Crippen molar-refractivity contribution < 1.29 is 0 Å². The monoisotopic (exact) mass is 248 g/mol. The van der Waals surface area contributed by atoms with Gasteiger partial charge in [0.2, 0.25) is 0 Å². The molecule has 2 N–H and O–H groups in total.